The molecule has 0 aliphatic carbocycles. The van der Waals surface area contributed by atoms with Gasteiger partial charge in [-0.15, -0.1) is 0 Å². The normalized spacial score (nSPS) is 14.7. The van der Waals surface area contributed by atoms with Gasteiger partial charge in [-0.1, -0.05) is 19.1 Å². The molecule has 0 atom stereocenters. The number of carbonyl (C=O) groups excluding carboxylic acids is 1. The van der Waals surface area contributed by atoms with E-state index in [1.165, 1.54) is 5.39 Å². The molecule has 7 heteroatoms. The number of ketones is 1. The van der Waals surface area contributed by atoms with E-state index in [0.29, 0.717) is 30.1 Å². The van der Waals surface area contributed by atoms with Crippen LogP contribution in [0.3, 0.4) is 0 Å². The Morgan fingerprint density at radius 3 is 2.68 bits per heavy atom. The minimum atomic E-state index is 0.104. The number of rotatable bonds is 9. The van der Waals surface area contributed by atoms with Crippen LogP contribution in [0.15, 0.2) is 42.5 Å². The molecule has 1 saturated heterocycles. The van der Waals surface area contributed by atoms with Crippen molar-refractivity contribution in [2.24, 2.45) is 0 Å². The van der Waals surface area contributed by atoms with E-state index < -0.39 is 0 Å². The van der Waals surface area contributed by atoms with E-state index in [0.717, 1.165) is 50.5 Å². The highest BCUT2D eigenvalue weighted by atomic mass is 16.5. The summed E-state index contributed by atoms with van der Waals surface area (Å²) >= 11 is 0. The molecule has 164 valence electrons. The molecule has 0 bridgehead atoms. The molecule has 1 N–H and O–H groups in total. The maximum atomic E-state index is 11.9. The Morgan fingerprint density at radius 1 is 1.10 bits per heavy atom. The summed E-state index contributed by atoms with van der Waals surface area (Å²) in [6, 6.07) is 13.7. The number of nitrogens with one attached hydrogen (secondary N) is 1. The molecule has 0 amide bonds. The van der Waals surface area contributed by atoms with E-state index in [-0.39, 0.29) is 5.78 Å². The van der Waals surface area contributed by atoms with Crippen LogP contribution in [0.4, 0.5) is 5.82 Å². The smallest absolute Gasteiger partial charge is 0.162 e. The topological polar surface area (TPSA) is 70.7 Å². The van der Waals surface area contributed by atoms with Crippen molar-refractivity contribution < 1.29 is 14.3 Å². The summed E-state index contributed by atoms with van der Waals surface area (Å²) in [5, 5.41) is 8.83. The number of benzene rings is 2. The maximum absolute atomic E-state index is 11.9. The number of hydrogen-bond acceptors (Lipinski definition) is 6. The van der Waals surface area contributed by atoms with Crippen LogP contribution >= 0.6 is 0 Å². The molecule has 2 heterocycles. The first kappa shape index (κ1) is 21.2. The highest BCUT2D eigenvalue weighted by molar-refractivity contribution is 5.96. The molecule has 0 spiro atoms. The molecule has 0 radical (unpaired) electrons. The van der Waals surface area contributed by atoms with Crippen LogP contribution in [0.5, 0.6) is 11.5 Å². The molecule has 1 aliphatic rings. The Balaban J connectivity index is 1.23. The molecule has 2 aromatic carbocycles. The standard InChI is InChI=1S/C24H30N4O3/c1-3-21(29)18-9-10-22(23(17-18)30-2)31-16-6-11-27-12-14-28(15-13-27)24-19-7-4-5-8-20(19)25-26-24/h4-5,7-10,17H,3,6,11-16H2,1-2H3,(H,25,26). The number of nitrogens with zero attached hydrogens (tertiary/aromatic N) is 3. The average molecular weight is 423 g/mol. The van der Waals surface area contributed by atoms with Gasteiger partial charge in [-0.05, 0) is 36.8 Å². The summed E-state index contributed by atoms with van der Waals surface area (Å²) in [5.41, 5.74) is 1.74. The summed E-state index contributed by atoms with van der Waals surface area (Å²) in [6.45, 7) is 7.42. The van der Waals surface area contributed by atoms with Gasteiger partial charge in [0.25, 0.3) is 0 Å². The highest BCUT2D eigenvalue weighted by Gasteiger charge is 2.20. The Kier molecular flexibility index (Phi) is 6.72. The fraction of sp³-hybridized carbons (Fsp3) is 0.417. The fourth-order valence-electron chi connectivity index (χ4n) is 4.01. The van der Waals surface area contributed by atoms with Crippen molar-refractivity contribution in [3.8, 4) is 11.5 Å². The van der Waals surface area contributed by atoms with Gasteiger partial charge in [0, 0.05) is 50.1 Å². The fourth-order valence-corrected chi connectivity index (χ4v) is 4.01. The van der Waals surface area contributed by atoms with Gasteiger partial charge in [0.2, 0.25) is 0 Å². The van der Waals surface area contributed by atoms with Gasteiger partial charge in [-0.3, -0.25) is 14.8 Å². The zero-order chi connectivity index (χ0) is 21.6. The second-order valence-electron chi connectivity index (χ2n) is 7.77. The van der Waals surface area contributed by atoms with E-state index >= 15 is 0 Å². The summed E-state index contributed by atoms with van der Waals surface area (Å²) < 4.78 is 11.3. The lowest BCUT2D eigenvalue weighted by atomic mass is 10.1. The zero-order valence-corrected chi connectivity index (χ0v) is 18.3. The molecule has 1 aromatic heterocycles. The van der Waals surface area contributed by atoms with Gasteiger partial charge >= 0.3 is 0 Å². The number of methoxy groups -OCH3 is 1. The van der Waals surface area contributed by atoms with Gasteiger partial charge in [0.05, 0.1) is 19.2 Å². The quantitative estimate of drug-likeness (QED) is 0.418. The van der Waals surface area contributed by atoms with Gasteiger partial charge in [0.15, 0.2) is 23.1 Å². The van der Waals surface area contributed by atoms with Crippen LogP contribution in [-0.2, 0) is 0 Å². The largest absolute Gasteiger partial charge is 0.493 e. The third-order valence-electron chi connectivity index (χ3n) is 5.81. The summed E-state index contributed by atoms with van der Waals surface area (Å²) in [5.74, 6) is 2.45. The number of ether oxygens (including phenoxy) is 2. The van der Waals surface area contributed by atoms with Crippen LogP contribution in [0, 0.1) is 0 Å². The lowest BCUT2D eigenvalue weighted by molar-refractivity contribution is 0.0987. The monoisotopic (exact) mass is 422 g/mol. The number of fused-ring (bicyclic) bond motifs is 1. The Bertz CT molecular complexity index is 1020. The minimum Gasteiger partial charge on any atom is -0.493 e. The number of aromatic amines is 1. The van der Waals surface area contributed by atoms with Crippen LogP contribution in [-0.4, -0.2) is 67.3 Å². The molecule has 1 aliphatic heterocycles. The van der Waals surface area contributed by atoms with Crippen molar-refractivity contribution in [1.82, 2.24) is 15.1 Å². The van der Waals surface area contributed by atoms with Crippen LogP contribution < -0.4 is 14.4 Å². The van der Waals surface area contributed by atoms with Crippen molar-refractivity contribution in [2.75, 3.05) is 51.3 Å². The third kappa shape index (κ3) is 4.82. The second kappa shape index (κ2) is 9.83. The molecule has 0 saturated carbocycles. The Morgan fingerprint density at radius 2 is 1.90 bits per heavy atom. The van der Waals surface area contributed by atoms with Gasteiger partial charge < -0.3 is 14.4 Å². The van der Waals surface area contributed by atoms with Crippen molar-refractivity contribution in [3.05, 3.63) is 48.0 Å². The van der Waals surface area contributed by atoms with Crippen LogP contribution in [0.25, 0.3) is 10.9 Å². The lowest BCUT2D eigenvalue weighted by Gasteiger charge is -2.35. The molecule has 1 fully saturated rings. The lowest BCUT2D eigenvalue weighted by Crippen LogP contribution is -2.47. The Hall–Kier alpha value is -3.06. The number of H-pyrrole nitrogens is 1. The van der Waals surface area contributed by atoms with Gasteiger partial charge in [0.1, 0.15) is 0 Å². The first-order valence-electron chi connectivity index (χ1n) is 10.9. The molecule has 7 nitrogen and oxygen atoms in total. The maximum Gasteiger partial charge on any atom is 0.162 e. The van der Waals surface area contributed by atoms with Crippen molar-refractivity contribution in [2.45, 2.75) is 19.8 Å². The zero-order valence-electron chi connectivity index (χ0n) is 18.3. The van der Waals surface area contributed by atoms with E-state index in [1.54, 1.807) is 13.2 Å². The van der Waals surface area contributed by atoms with E-state index in [9.17, 15) is 4.79 Å². The second-order valence-corrected chi connectivity index (χ2v) is 7.77. The first-order chi connectivity index (χ1) is 15.2. The molecule has 31 heavy (non-hydrogen) atoms. The first-order valence-corrected chi connectivity index (χ1v) is 10.9. The number of aromatic nitrogens is 2. The molecule has 4 rings (SSSR count). The number of Topliss-reactive ketones (excluding diaryl/α,β-unsaturated/α-hetero) is 1. The predicted octanol–water partition coefficient (Wildman–Crippen LogP) is 3.76. The number of para-hydroxylation sites is 1. The summed E-state index contributed by atoms with van der Waals surface area (Å²) in [6.07, 6.45) is 1.41. The third-order valence-corrected chi connectivity index (χ3v) is 5.81. The molecular weight excluding hydrogens is 392 g/mol. The SMILES string of the molecule is CCC(=O)c1ccc(OCCCN2CCN(c3n[nH]c4ccccc34)CC2)c(OC)c1. The van der Waals surface area contributed by atoms with E-state index in [2.05, 4.69) is 38.2 Å². The van der Waals surface area contributed by atoms with E-state index in [4.69, 9.17) is 9.47 Å². The van der Waals surface area contributed by atoms with Crippen LogP contribution in [0.2, 0.25) is 0 Å². The van der Waals surface area contributed by atoms with Crippen molar-refractivity contribution in [1.29, 1.82) is 0 Å². The molecular formula is C24H30N4O3. The van der Waals surface area contributed by atoms with Crippen LogP contribution in [0.1, 0.15) is 30.1 Å². The van der Waals surface area contributed by atoms with Crippen molar-refractivity contribution in [3.63, 3.8) is 0 Å². The predicted molar refractivity (Wildman–Crippen MR) is 122 cm³/mol. The number of anilines is 1. The van der Waals surface area contributed by atoms with Gasteiger partial charge in [-0.2, -0.15) is 5.10 Å². The number of carbonyl (C=O) groups is 1. The minimum absolute atomic E-state index is 0.104. The van der Waals surface area contributed by atoms with Crippen molar-refractivity contribution >= 4 is 22.5 Å². The summed E-state index contributed by atoms with van der Waals surface area (Å²) in [4.78, 5) is 16.7. The number of hydrogen-bond donors (Lipinski definition) is 1. The molecule has 0 unspecified atom stereocenters. The average Bonchev–Trinajstić information content (AvgIpc) is 3.26. The highest BCUT2D eigenvalue weighted by Crippen LogP contribution is 2.29. The number of piperazine rings is 1. The molecule has 3 aromatic rings. The van der Waals surface area contributed by atoms with Gasteiger partial charge in [-0.25, -0.2) is 0 Å². The summed E-state index contributed by atoms with van der Waals surface area (Å²) in [7, 11) is 1.60. The Labute approximate surface area is 182 Å². The van der Waals surface area contributed by atoms with E-state index in [1.807, 2.05) is 25.1 Å².